The van der Waals surface area contributed by atoms with E-state index in [1.165, 1.54) is 0 Å². The Morgan fingerprint density at radius 1 is 1.00 bits per heavy atom. The van der Waals surface area contributed by atoms with Crippen molar-refractivity contribution < 1.29 is 28.6 Å². The molecular formula is C14H20O6. The minimum atomic E-state index is -0.901. The number of hydrogen-bond acceptors (Lipinski definition) is 6. The van der Waals surface area contributed by atoms with E-state index in [1.807, 2.05) is 0 Å². The number of hydrogen-bond donors (Lipinski definition) is 0. The van der Waals surface area contributed by atoms with Gasteiger partial charge in [-0.05, 0) is 20.8 Å². The average Bonchev–Trinajstić information content (AvgIpc) is 2.35. The first-order valence-electron chi connectivity index (χ1n) is 6.01. The highest BCUT2D eigenvalue weighted by Crippen LogP contribution is 2.12. The Morgan fingerprint density at radius 2 is 1.40 bits per heavy atom. The molecule has 0 aromatic heterocycles. The Labute approximate surface area is 118 Å². The molecule has 0 fully saturated rings. The van der Waals surface area contributed by atoms with E-state index in [4.69, 9.17) is 14.2 Å². The van der Waals surface area contributed by atoms with Crippen molar-refractivity contribution in [2.75, 3.05) is 13.2 Å². The Balaban J connectivity index is 4.63. The molecule has 0 aromatic rings. The van der Waals surface area contributed by atoms with E-state index in [0.29, 0.717) is 0 Å². The fourth-order valence-electron chi connectivity index (χ4n) is 1.05. The van der Waals surface area contributed by atoms with E-state index >= 15 is 0 Å². The average molecular weight is 284 g/mol. The fourth-order valence-corrected chi connectivity index (χ4v) is 1.05. The van der Waals surface area contributed by atoms with Crippen LogP contribution in [-0.4, -0.2) is 36.7 Å². The van der Waals surface area contributed by atoms with Gasteiger partial charge in [0.25, 0.3) is 0 Å². The molecule has 0 saturated heterocycles. The van der Waals surface area contributed by atoms with E-state index in [9.17, 15) is 14.4 Å². The van der Waals surface area contributed by atoms with Gasteiger partial charge in [0.2, 0.25) is 0 Å². The van der Waals surface area contributed by atoms with Gasteiger partial charge >= 0.3 is 17.9 Å². The number of carbonyl (C=O) groups is 3. The first kappa shape index (κ1) is 17.9. The molecule has 20 heavy (non-hydrogen) atoms. The second kappa shape index (κ2) is 8.14. The normalized spacial score (nSPS) is 10.6. The molecule has 0 N–H and O–H groups in total. The van der Waals surface area contributed by atoms with Crippen LogP contribution in [0.4, 0.5) is 0 Å². The molecule has 6 heteroatoms. The van der Waals surface area contributed by atoms with Crippen LogP contribution in [0.1, 0.15) is 20.8 Å². The van der Waals surface area contributed by atoms with Crippen molar-refractivity contribution in [2.24, 2.45) is 5.92 Å². The number of ether oxygens (including phenoxy) is 3. The maximum Gasteiger partial charge on any atom is 0.330 e. The number of rotatable bonds is 7. The third-order valence-corrected chi connectivity index (χ3v) is 1.93. The SMILES string of the molecule is C=CC(=O)OCC(COC(=O)C=C)C(=O)OC(C)(C)C. The summed E-state index contributed by atoms with van der Waals surface area (Å²) >= 11 is 0. The lowest BCUT2D eigenvalue weighted by atomic mass is 10.1. The highest BCUT2D eigenvalue weighted by molar-refractivity contribution is 5.82. The maximum atomic E-state index is 11.9. The zero-order valence-corrected chi connectivity index (χ0v) is 12.0. The standard InChI is InChI=1S/C14H20O6/c1-6-11(15)18-8-10(9-19-12(16)7-2)13(17)20-14(3,4)5/h6-7,10H,1-2,8-9H2,3-5H3. The molecule has 112 valence electrons. The second-order valence-corrected chi connectivity index (χ2v) is 4.90. The van der Waals surface area contributed by atoms with Gasteiger partial charge in [-0.2, -0.15) is 0 Å². The minimum absolute atomic E-state index is 0.260. The summed E-state index contributed by atoms with van der Waals surface area (Å²) in [6.07, 6.45) is 1.95. The zero-order chi connectivity index (χ0) is 15.8. The van der Waals surface area contributed by atoms with Crippen molar-refractivity contribution in [3.8, 4) is 0 Å². The van der Waals surface area contributed by atoms with Crippen LogP contribution in [0.3, 0.4) is 0 Å². The van der Waals surface area contributed by atoms with Crippen LogP contribution in [0.2, 0.25) is 0 Å². The van der Waals surface area contributed by atoms with Crippen LogP contribution in [0.5, 0.6) is 0 Å². The van der Waals surface area contributed by atoms with E-state index in [1.54, 1.807) is 20.8 Å². The van der Waals surface area contributed by atoms with Crippen LogP contribution in [0.25, 0.3) is 0 Å². The summed E-state index contributed by atoms with van der Waals surface area (Å²) in [7, 11) is 0. The van der Waals surface area contributed by atoms with Crippen LogP contribution in [0.15, 0.2) is 25.3 Å². The first-order chi connectivity index (χ1) is 9.19. The summed E-state index contributed by atoms with van der Waals surface area (Å²) in [6, 6.07) is 0. The Hall–Kier alpha value is -2.11. The Bertz CT molecular complexity index is 367. The summed E-state index contributed by atoms with van der Waals surface area (Å²) in [5.41, 5.74) is -0.694. The third-order valence-electron chi connectivity index (χ3n) is 1.93. The van der Waals surface area contributed by atoms with Gasteiger partial charge in [-0.1, -0.05) is 13.2 Å². The van der Waals surface area contributed by atoms with E-state index < -0.39 is 29.4 Å². The van der Waals surface area contributed by atoms with Crippen LogP contribution in [0, 0.1) is 5.92 Å². The van der Waals surface area contributed by atoms with Gasteiger partial charge < -0.3 is 14.2 Å². The van der Waals surface area contributed by atoms with Crippen molar-refractivity contribution in [1.29, 1.82) is 0 Å². The smallest absolute Gasteiger partial charge is 0.330 e. The summed E-state index contributed by atoms with van der Waals surface area (Å²) in [4.78, 5) is 33.9. The van der Waals surface area contributed by atoms with Crippen molar-refractivity contribution in [2.45, 2.75) is 26.4 Å². The molecule has 0 aliphatic carbocycles. The molecule has 0 heterocycles. The lowest BCUT2D eigenvalue weighted by Gasteiger charge is -2.23. The largest absolute Gasteiger partial charge is 0.461 e. The molecule has 0 aromatic carbocycles. The number of carbonyl (C=O) groups excluding carboxylic acids is 3. The fraction of sp³-hybridized carbons (Fsp3) is 0.500. The van der Waals surface area contributed by atoms with E-state index in [0.717, 1.165) is 12.2 Å². The molecule has 0 aliphatic rings. The summed E-state index contributed by atoms with van der Waals surface area (Å²) < 4.78 is 14.7. The van der Waals surface area contributed by atoms with Crippen molar-refractivity contribution in [3.63, 3.8) is 0 Å². The van der Waals surface area contributed by atoms with Crippen LogP contribution in [-0.2, 0) is 28.6 Å². The monoisotopic (exact) mass is 284 g/mol. The Morgan fingerprint density at radius 3 is 1.70 bits per heavy atom. The summed E-state index contributed by atoms with van der Waals surface area (Å²) in [5, 5.41) is 0. The van der Waals surface area contributed by atoms with Gasteiger partial charge in [0.1, 0.15) is 24.7 Å². The van der Waals surface area contributed by atoms with Crippen LogP contribution >= 0.6 is 0 Å². The van der Waals surface area contributed by atoms with Gasteiger partial charge in [0.05, 0.1) is 0 Å². The highest BCUT2D eigenvalue weighted by Gasteiger charge is 2.27. The molecule has 0 bridgehead atoms. The summed E-state index contributed by atoms with van der Waals surface area (Å²) in [5.74, 6) is -2.87. The molecule has 0 radical (unpaired) electrons. The van der Waals surface area contributed by atoms with Crippen molar-refractivity contribution >= 4 is 17.9 Å². The van der Waals surface area contributed by atoms with E-state index in [2.05, 4.69) is 13.2 Å². The molecular weight excluding hydrogens is 264 g/mol. The Kier molecular flexibility index (Phi) is 7.28. The zero-order valence-electron chi connectivity index (χ0n) is 12.0. The third kappa shape index (κ3) is 8.07. The summed E-state index contributed by atoms with van der Waals surface area (Å²) in [6.45, 7) is 11.1. The molecule has 0 spiro atoms. The van der Waals surface area contributed by atoms with Gasteiger partial charge in [0, 0.05) is 12.2 Å². The molecule has 0 rings (SSSR count). The molecule has 6 nitrogen and oxygen atoms in total. The first-order valence-corrected chi connectivity index (χ1v) is 6.01. The second-order valence-electron chi connectivity index (χ2n) is 4.90. The topological polar surface area (TPSA) is 78.9 Å². The lowest BCUT2D eigenvalue weighted by Crippen LogP contribution is -2.34. The van der Waals surface area contributed by atoms with Crippen molar-refractivity contribution in [1.82, 2.24) is 0 Å². The highest BCUT2D eigenvalue weighted by atomic mass is 16.6. The van der Waals surface area contributed by atoms with E-state index in [-0.39, 0.29) is 13.2 Å². The number of esters is 3. The lowest BCUT2D eigenvalue weighted by molar-refractivity contribution is -0.166. The predicted molar refractivity (Wildman–Crippen MR) is 71.6 cm³/mol. The van der Waals surface area contributed by atoms with Gasteiger partial charge in [-0.25, -0.2) is 9.59 Å². The molecule has 0 amide bonds. The molecule has 0 aliphatic heterocycles. The predicted octanol–water partition coefficient (Wildman–Crippen LogP) is 1.40. The minimum Gasteiger partial charge on any atom is -0.461 e. The van der Waals surface area contributed by atoms with Crippen molar-refractivity contribution in [3.05, 3.63) is 25.3 Å². The van der Waals surface area contributed by atoms with Gasteiger partial charge in [0.15, 0.2) is 0 Å². The molecule has 0 unspecified atom stereocenters. The van der Waals surface area contributed by atoms with Gasteiger partial charge in [-0.15, -0.1) is 0 Å². The molecule has 0 atom stereocenters. The quantitative estimate of drug-likeness (QED) is 0.399. The molecule has 0 saturated carbocycles. The maximum absolute atomic E-state index is 11.9. The van der Waals surface area contributed by atoms with Gasteiger partial charge in [-0.3, -0.25) is 4.79 Å². The van der Waals surface area contributed by atoms with Crippen LogP contribution < -0.4 is 0 Å².